The Balaban J connectivity index is 2.64. The number of amides is 2. The summed E-state index contributed by atoms with van der Waals surface area (Å²) in [5, 5.41) is 0. The van der Waals surface area contributed by atoms with Crippen molar-refractivity contribution in [3.05, 3.63) is 0 Å². The molecule has 5 heteroatoms. The van der Waals surface area contributed by atoms with Crippen LogP contribution in [-0.2, 0) is 9.59 Å². The van der Waals surface area contributed by atoms with Crippen LogP contribution in [0.5, 0.6) is 0 Å². The molecule has 0 aromatic heterocycles. The molecule has 0 aromatic rings. The molecule has 1 fully saturated rings. The molecule has 0 aliphatic carbocycles. The highest BCUT2D eigenvalue weighted by Crippen LogP contribution is 2.10. The van der Waals surface area contributed by atoms with Gasteiger partial charge in [0.05, 0.1) is 0 Å². The predicted molar refractivity (Wildman–Crippen MR) is 52.5 cm³/mol. The number of nitrogens with zero attached hydrogens (tertiary/aromatic N) is 2. The van der Waals surface area contributed by atoms with E-state index >= 15 is 0 Å². The van der Waals surface area contributed by atoms with Crippen molar-refractivity contribution in [3.8, 4) is 0 Å². The second-order valence-corrected chi connectivity index (χ2v) is 3.68. The van der Waals surface area contributed by atoms with Gasteiger partial charge in [-0.25, -0.2) is 0 Å². The lowest BCUT2D eigenvalue weighted by Gasteiger charge is -2.37. The summed E-state index contributed by atoms with van der Waals surface area (Å²) < 4.78 is 0. The molecule has 80 valence electrons. The molecule has 1 rings (SSSR count). The number of hydrogen-bond donors (Lipinski definition) is 1. The van der Waals surface area contributed by atoms with E-state index in [2.05, 4.69) is 0 Å². The third-order valence-corrected chi connectivity index (χ3v) is 2.46. The minimum absolute atomic E-state index is 0.0942. The van der Waals surface area contributed by atoms with Crippen LogP contribution >= 0.6 is 0 Å². The maximum Gasteiger partial charge on any atom is 0.312 e. The number of rotatable bonds is 3. The van der Waals surface area contributed by atoms with Gasteiger partial charge in [0, 0.05) is 26.2 Å². The lowest BCUT2D eigenvalue weighted by atomic mass is 10.1. The summed E-state index contributed by atoms with van der Waals surface area (Å²) in [5.74, 6) is -0.820. The van der Waals surface area contributed by atoms with Crippen molar-refractivity contribution in [2.45, 2.75) is 19.4 Å². The van der Waals surface area contributed by atoms with Crippen molar-refractivity contribution < 1.29 is 9.59 Å². The van der Waals surface area contributed by atoms with Gasteiger partial charge in [0.2, 0.25) is 0 Å². The standard InChI is InChI=1S/C9H17N3O2/c1-7-6-11(2)8(13)9(14)12(7)5-3-4-10/h7H,3-6,10H2,1-2H3. The van der Waals surface area contributed by atoms with Crippen LogP contribution in [0.4, 0.5) is 0 Å². The van der Waals surface area contributed by atoms with Crippen molar-refractivity contribution in [1.29, 1.82) is 0 Å². The molecule has 5 nitrogen and oxygen atoms in total. The van der Waals surface area contributed by atoms with Crippen molar-refractivity contribution in [1.82, 2.24) is 9.80 Å². The molecule has 1 atom stereocenters. The van der Waals surface area contributed by atoms with E-state index in [0.717, 1.165) is 6.42 Å². The first-order chi connectivity index (χ1) is 6.57. The number of carbonyl (C=O) groups excluding carboxylic acids is 2. The van der Waals surface area contributed by atoms with Crippen LogP contribution in [-0.4, -0.2) is 54.3 Å². The lowest BCUT2D eigenvalue weighted by Crippen LogP contribution is -2.57. The van der Waals surface area contributed by atoms with Crippen molar-refractivity contribution in [2.24, 2.45) is 5.73 Å². The highest BCUT2D eigenvalue weighted by molar-refractivity contribution is 6.35. The molecule has 0 aromatic carbocycles. The van der Waals surface area contributed by atoms with Crippen LogP contribution in [0.3, 0.4) is 0 Å². The molecule has 1 aliphatic rings. The van der Waals surface area contributed by atoms with E-state index in [0.29, 0.717) is 19.6 Å². The molecule has 1 saturated heterocycles. The molecule has 1 heterocycles. The number of carbonyl (C=O) groups is 2. The molecule has 14 heavy (non-hydrogen) atoms. The van der Waals surface area contributed by atoms with Crippen molar-refractivity contribution in [2.75, 3.05) is 26.7 Å². The van der Waals surface area contributed by atoms with Crippen LogP contribution < -0.4 is 5.73 Å². The van der Waals surface area contributed by atoms with E-state index in [1.165, 1.54) is 4.90 Å². The first-order valence-corrected chi connectivity index (χ1v) is 4.84. The van der Waals surface area contributed by atoms with Gasteiger partial charge in [0.1, 0.15) is 0 Å². The molecule has 1 aliphatic heterocycles. The number of nitrogens with two attached hydrogens (primary N) is 1. The summed E-state index contributed by atoms with van der Waals surface area (Å²) in [4.78, 5) is 26.0. The highest BCUT2D eigenvalue weighted by atomic mass is 16.2. The van der Waals surface area contributed by atoms with E-state index < -0.39 is 11.8 Å². The Morgan fingerprint density at radius 3 is 2.64 bits per heavy atom. The summed E-state index contributed by atoms with van der Waals surface area (Å²) in [6, 6.07) is 0.0942. The largest absolute Gasteiger partial charge is 0.335 e. The molecular weight excluding hydrogens is 182 g/mol. The fourth-order valence-corrected chi connectivity index (χ4v) is 1.65. The van der Waals surface area contributed by atoms with Gasteiger partial charge in [-0.3, -0.25) is 9.59 Å². The third-order valence-electron chi connectivity index (χ3n) is 2.46. The number of hydrogen-bond acceptors (Lipinski definition) is 3. The predicted octanol–water partition coefficient (Wildman–Crippen LogP) is -0.976. The lowest BCUT2D eigenvalue weighted by molar-refractivity contribution is -0.157. The van der Waals surface area contributed by atoms with E-state index in [4.69, 9.17) is 5.73 Å². The van der Waals surface area contributed by atoms with Gasteiger partial charge in [-0.1, -0.05) is 0 Å². The molecule has 0 bridgehead atoms. The summed E-state index contributed by atoms with van der Waals surface area (Å²) in [5.41, 5.74) is 5.37. The fraction of sp³-hybridized carbons (Fsp3) is 0.778. The first kappa shape index (κ1) is 11.0. The minimum Gasteiger partial charge on any atom is -0.335 e. The van der Waals surface area contributed by atoms with Gasteiger partial charge < -0.3 is 15.5 Å². The fourth-order valence-electron chi connectivity index (χ4n) is 1.65. The first-order valence-electron chi connectivity index (χ1n) is 4.84. The van der Waals surface area contributed by atoms with Crippen LogP contribution in [0.1, 0.15) is 13.3 Å². The smallest absolute Gasteiger partial charge is 0.312 e. The Morgan fingerprint density at radius 2 is 2.07 bits per heavy atom. The zero-order chi connectivity index (χ0) is 10.7. The maximum atomic E-state index is 11.5. The Kier molecular flexibility index (Phi) is 3.46. The zero-order valence-corrected chi connectivity index (χ0v) is 8.69. The Hall–Kier alpha value is -1.10. The van der Waals surface area contributed by atoms with E-state index in [1.54, 1.807) is 11.9 Å². The van der Waals surface area contributed by atoms with Crippen LogP contribution in [0.25, 0.3) is 0 Å². The normalized spacial score (nSPS) is 23.2. The van der Waals surface area contributed by atoms with Crippen LogP contribution in [0, 0.1) is 0 Å². The Labute approximate surface area is 83.8 Å². The summed E-state index contributed by atoms with van der Waals surface area (Å²) in [6.45, 7) is 3.67. The Bertz CT molecular complexity index is 242. The molecule has 2 amide bonds. The van der Waals surface area contributed by atoms with Crippen LogP contribution in [0.15, 0.2) is 0 Å². The average molecular weight is 199 g/mol. The molecule has 1 unspecified atom stereocenters. The quantitative estimate of drug-likeness (QED) is 0.594. The third kappa shape index (κ3) is 2.04. The van der Waals surface area contributed by atoms with Gasteiger partial charge in [0.15, 0.2) is 0 Å². The van der Waals surface area contributed by atoms with Gasteiger partial charge in [-0.05, 0) is 19.9 Å². The number of piperazine rings is 1. The highest BCUT2D eigenvalue weighted by Gasteiger charge is 2.34. The molecule has 2 N–H and O–H groups in total. The second kappa shape index (κ2) is 4.41. The zero-order valence-electron chi connectivity index (χ0n) is 8.69. The molecule has 0 spiro atoms. The summed E-state index contributed by atoms with van der Waals surface area (Å²) in [7, 11) is 1.65. The second-order valence-electron chi connectivity index (χ2n) is 3.68. The SMILES string of the molecule is CC1CN(C)C(=O)C(=O)N1CCCN. The summed E-state index contributed by atoms with van der Waals surface area (Å²) in [6.07, 6.45) is 0.743. The van der Waals surface area contributed by atoms with Gasteiger partial charge in [0.25, 0.3) is 0 Å². The van der Waals surface area contributed by atoms with E-state index in [9.17, 15) is 9.59 Å². The number of likely N-dealkylation sites (N-methyl/N-ethyl adjacent to an activating group) is 1. The molecule has 0 saturated carbocycles. The van der Waals surface area contributed by atoms with E-state index in [-0.39, 0.29) is 6.04 Å². The van der Waals surface area contributed by atoms with Crippen LogP contribution in [0.2, 0.25) is 0 Å². The van der Waals surface area contributed by atoms with Gasteiger partial charge in [-0.2, -0.15) is 0 Å². The van der Waals surface area contributed by atoms with Crippen molar-refractivity contribution in [3.63, 3.8) is 0 Å². The maximum absolute atomic E-state index is 11.5. The monoisotopic (exact) mass is 199 g/mol. The average Bonchev–Trinajstić information content (AvgIpc) is 2.14. The summed E-state index contributed by atoms with van der Waals surface area (Å²) >= 11 is 0. The Morgan fingerprint density at radius 1 is 1.43 bits per heavy atom. The van der Waals surface area contributed by atoms with E-state index in [1.807, 2.05) is 6.92 Å². The molecule has 0 radical (unpaired) electrons. The molecular formula is C9H17N3O2. The van der Waals surface area contributed by atoms with Gasteiger partial charge in [-0.15, -0.1) is 0 Å². The minimum atomic E-state index is -0.417. The van der Waals surface area contributed by atoms with Crippen molar-refractivity contribution >= 4 is 11.8 Å². The topological polar surface area (TPSA) is 66.6 Å². The van der Waals surface area contributed by atoms with Gasteiger partial charge >= 0.3 is 11.8 Å².